The Labute approximate surface area is 148 Å². The number of hydrogen-bond donors (Lipinski definition) is 4. The van der Waals surface area contributed by atoms with Gasteiger partial charge in [-0.3, -0.25) is 15.0 Å². The Bertz CT molecular complexity index is 992. The number of carboxylic acids is 1. The predicted octanol–water partition coefficient (Wildman–Crippen LogP) is 1.49. The number of benzene rings is 1. The minimum Gasteiger partial charge on any atom is -0.481 e. The van der Waals surface area contributed by atoms with Crippen molar-refractivity contribution in [3.8, 4) is 11.3 Å². The van der Waals surface area contributed by atoms with Crippen molar-refractivity contribution >= 4 is 23.4 Å². The summed E-state index contributed by atoms with van der Waals surface area (Å²) in [6.45, 7) is 0.0733. The second-order valence-electron chi connectivity index (χ2n) is 5.70. The van der Waals surface area contributed by atoms with Crippen molar-refractivity contribution in [3.63, 3.8) is 0 Å². The van der Waals surface area contributed by atoms with Gasteiger partial charge in [-0.1, -0.05) is 24.3 Å². The number of amides is 1. The number of nitrogens with zero attached hydrogens (tertiary/aromatic N) is 2. The zero-order valence-electron chi connectivity index (χ0n) is 13.8. The quantitative estimate of drug-likeness (QED) is 0.394. The first-order valence-corrected chi connectivity index (χ1v) is 7.87. The summed E-state index contributed by atoms with van der Waals surface area (Å²) in [5.41, 5.74) is 8.78. The highest BCUT2D eigenvalue weighted by molar-refractivity contribution is 5.95. The molecule has 2 aromatic heterocycles. The number of carboxylic acid groups (broad SMARTS) is 1. The fourth-order valence-corrected chi connectivity index (χ4v) is 2.47. The molecule has 1 aromatic carbocycles. The summed E-state index contributed by atoms with van der Waals surface area (Å²) in [6, 6.07) is 10.5. The first kappa shape index (κ1) is 17.2. The number of aromatic nitrogens is 2. The molecule has 0 fully saturated rings. The Morgan fingerprint density at radius 2 is 1.81 bits per heavy atom. The van der Waals surface area contributed by atoms with Crippen LogP contribution < -0.4 is 11.1 Å². The van der Waals surface area contributed by atoms with Gasteiger partial charge in [-0.25, -0.2) is 4.98 Å². The van der Waals surface area contributed by atoms with Crippen LogP contribution in [0.15, 0.2) is 48.8 Å². The number of nitrogen functional groups attached to an aromatic ring is 1. The molecule has 0 atom stereocenters. The zero-order chi connectivity index (χ0) is 18.7. The van der Waals surface area contributed by atoms with Crippen molar-refractivity contribution in [1.29, 1.82) is 5.41 Å². The van der Waals surface area contributed by atoms with Crippen LogP contribution in [-0.4, -0.2) is 38.7 Å². The number of nitrogens with two attached hydrogens (primary N) is 1. The largest absolute Gasteiger partial charge is 0.481 e. The molecule has 3 aromatic rings. The summed E-state index contributed by atoms with van der Waals surface area (Å²) >= 11 is 0. The smallest absolute Gasteiger partial charge is 0.305 e. The Hall–Kier alpha value is -3.68. The number of aliphatic carboxylic acids is 1. The molecule has 8 heteroatoms. The number of amidine groups is 1. The maximum atomic E-state index is 12.1. The van der Waals surface area contributed by atoms with Gasteiger partial charge in [-0.05, 0) is 12.1 Å². The van der Waals surface area contributed by atoms with Gasteiger partial charge in [0.1, 0.15) is 11.5 Å². The lowest BCUT2D eigenvalue weighted by Gasteiger charge is -2.03. The van der Waals surface area contributed by atoms with Crippen LogP contribution in [0.1, 0.15) is 22.3 Å². The van der Waals surface area contributed by atoms with Crippen molar-refractivity contribution in [2.45, 2.75) is 6.42 Å². The predicted molar refractivity (Wildman–Crippen MR) is 96.2 cm³/mol. The molecule has 0 radical (unpaired) electrons. The molecule has 0 bridgehead atoms. The maximum Gasteiger partial charge on any atom is 0.305 e. The third-order valence-electron chi connectivity index (χ3n) is 3.83. The Morgan fingerprint density at radius 1 is 1.12 bits per heavy atom. The van der Waals surface area contributed by atoms with E-state index < -0.39 is 5.97 Å². The number of carbonyl (C=O) groups excluding carboxylic acids is 1. The molecule has 0 saturated carbocycles. The molecule has 5 N–H and O–H groups in total. The van der Waals surface area contributed by atoms with Crippen LogP contribution in [0.25, 0.3) is 16.9 Å². The van der Waals surface area contributed by atoms with E-state index in [-0.39, 0.29) is 24.7 Å². The van der Waals surface area contributed by atoms with E-state index in [1.165, 1.54) is 0 Å². The van der Waals surface area contributed by atoms with Crippen molar-refractivity contribution in [2.75, 3.05) is 6.54 Å². The van der Waals surface area contributed by atoms with Gasteiger partial charge in [0.25, 0.3) is 5.91 Å². The minimum atomic E-state index is -0.962. The number of rotatable bonds is 6. The van der Waals surface area contributed by atoms with Gasteiger partial charge in [-0.15, -0.1) is 0 Å². The average Bonchev–Trinajstić information content (AvgIpc) is 3.04. The number of imidazole rings is 1. The van der Waals surface area contributed by atoms with E-state index in [0.29, 0.717) is 16.8 Å². The topological polar surface area (TPSA) is 134 Å². The molecule has 2 heterocycles. The SMILES string of the molecule is N=C(N)c1ccc(-c2cn3cc(C(=O)NCCC(=O)O)ccc3n2)cc1. The molecule has 1 amide bonds. The lowest BCUT2D eigenvalue weighted by molar-refractivity contribution is -0.136. The van der Waals surface area contributed by atoms with Crippen molar-refractivity contribution in [3.05, 3.63) is 59.9 Å². The van der Waals surface area contributed by atoms with Gasteiger partial charge >= 0.3 is 5.97 Å². The highest BCUT2D eigenvalue weighted by atomic mass is 16.4. The Kier molecular flexibility index (Phi) is 4.66. The monoisotopic (exact) mass is 351 g/mol. The normalized spacial score (nSPS) is 10.6. The van der Waals surface area contributed by atoms with E-state index in [1.807, 2.05) is 12.1 Å². The van der Waals surface area contributed by atoms with Crippen molar-refractivity contribution in [1.82, 2.24) is 14.7 Å². The third-order valence-corrected chi connectivity index (χ3v) is 3.83. The molecule has 0 aliphatic heterocycles. The summed E-state index contributed by atoms with van der Waals surface area (Å²) < 4.78 is 1.74. The first-order valence-electron chi connectivity index (χ1n) is 7.87. The zero-order valence-corrected chi connectivity index (χ0v) is 13.8. The molecule has 0 saturated heterocycles. The summed E-state index contributed by atoms with van der Waals surface area (Å²) in [5, 5.41) is 18.6. The molecular formula is C18H17N5O3. The van der Waals surface area contributed by atoms with Crippen LogP contribution in [0, 0.1) is 5.41 Å². The Morgan fingerprint density at radius 3 is 2.46 bits per heavy atom. The van der Waals surface area contributed by atoms with E-state index in [1.54, 1.807) is 41.1 Å². The Balaban J connectivity index is 1.81. The molecule has 132 valence electrons. The van der Waals surface area contributed by atoms with E-state index >= 15 is 0 Å². The van der Waals surface area contributed by atoms with Gasteiger partial charge in [0, 0.05) is 30.1 Å². The highest BCUT2D eigenvalue weighted by Gasteiger charge is 2.10. The van der Waals surface area contributed by atoms with Crippen LogP contribution in [0.5, 0.6) is 0 Å². The van der Waals surface area contributed by atoms with Crippen molar-refractivity contribution in [2.24, 2.45) is 5.73 Å². The van der Waals surface area contributed by atoms with Crippen LogP contribution in [0.2, 0.25) is 0 Å². The lowest BCUT2D eigenvalue weighted by atomic mass is 10.1. The second kappa shape index (κ2) is 7.06. The molecule has 0 aliphatic rings. The van der Waals surface area contributed by atoms with Crippen LogP contribution >= 0.6 is 0 Å². The molecule has 0 spiro atoms. The molecule has 8 nitrogen and oxygen atoms in total. The van der Waals surface area contributed by atoms with Gasteiger partial charge in [-0.2, -0.15) is 0 Å². The van der Waals surface area contributed by atoms with E-state index in [0.717, 1.165) is 11.3 Å². The van der Waals surface area contributed by atoms with E-state index in [4.69, 9.17) is 16.2 Å². The molecule has 26 heavy (non-hydrogen) atoms. The summed E-state index contributed by atoms with van der Waals surface area (Å²) in [7, 11) is 0. The standard InChI is InChI=1S/C18H17N5O3/c19-17(20)12-3-1-11(2-4-12)14-10-23-9-13(5-6-15(23)22-14)18(26)21-8-7-16(24)25/h1-6,9-10H,7-8H2,(H3,19,20)(H,21,26)(H,24,25). The first-order chi connectivity index (χ1) is 12.4. The second-order valence-corrected chi connectivity index (χ2v) is 5.70. The number of carbonyl (C=O) groups is 2. The molecule has 3 rings (SSSR count). The van der Waals surface area contributed by atoms with E-state index in [2.05, 4.69) is 10.3 Å². The lowest BCUT2D eigenvalue weighted by Crippen LogP contribution is -2.26. The van der Waals surface area contributed by atoms with Crippen LogP contribution in [0.3, 0.4) is 0 Å². The van der Waals surface area contributed by atoms with Gasteiger partial charge in [0.05, 0.1) is 17.7 Å². The molecular weight excluding hydrogens is 334 g/mol. The number of nitrogens with one attached hydrogen (secondary N) is 2. The minimum absolute atomic E-state index is 0.00473. The maximum absolute atomic E-state index is 12.1. The van der Waals surface area contributed by atoms with Gasteiger partial charge in [0.2, 0.25) is 0 Å². The average molecular weight is 351 g/mol. The summed E-state index contributed by atoms with van der Waals surface area (Å²) in [5.74, 6) is -1.30. The van der Waals surface area contributed by atoms with Gasteiger partial charge in [0.15, 0.2) is 0 Å². The fraction of sp³-hybridized carbons (Fsp3) is 0.111. The highest BCUT2D eigenvalue weighted by Crippen LogP contribution is 2.20. The summed E-state index contributed by atoms with van der Waals surface area (Å²) in [4.78, 5) is 27.1. The molecule has 0 aliphatic carbocycles. The van der Waals surface area contributed by atoms with E-state index in [9.17, 15) is 9.59 Å². The number of pyridine rings is 1. The number of fused-ring (bicyclic) bond motifs is 1. The van der Waals surface area contributed by atoms with Crippen molar-refractivity contribution < 1.29 is 14.7 Å². The van der Waals surface area contributed by atoms with Gasteiger partial charge < -0.3 is 20.6 Å². The summed E-state index contributed by atoms with van der Waals surface area (Å²) in [6.07, 6.45) is 3.32. The van der Waals surface area contributed by atoms with Crippen LogP contribution in [0.4, 0.5) is 0 Å². The van der Waals surface area contributed by atoms with Crippen LogP contribution in [-0.2, 0) is 4.79 Å². The third kappa shape index (κ3) is 3.69. The fourth-order valence-electron chi connectivity index (χ4n) is 2.47. The molecule has 0 unspecified atom stereocenters. The number of hydrogen-bond acceptors (Lipinski definition) is 4.